The third-order valence-electron chi connectivity index (χ3n) is 2.76. The fourth-order valence-electron chi connectivity index (χ4n) is 1.68. The summed E-state index contributed by atoms with van der Waals surface area (Å²) in [5.74, 6) is -0.298. The third-order valence-corrected chi connectivity index (χ3v) is 2.76. The van der Waals surface area contributed by atoms with Crippen LogP contribution in [-0.2, 0) is 4.74 Å². The SMILES string of the molecule is COC(=O)c1ccc(C(O)C(O)CCO)cc1OC. The molecule has 0 heterocycles. The maximum Gasteiger partial charge on any atom is 0.341 e. The summed E-state index contributed by atoms with van der Waals surface area (Å²) in [5.41, 5.74) is 0.628. The molecule has 6 nitrogen and oxygen atoms in total. The number of aliphatic hydroxyl groups excluding tert-OH is 3. The molecular formula is C13H18O6. The highest BCUT2D eigenvalue weighted by Crippen LogP contribution is 2.26. The van der Waals surface area contributed by atoms with Gasteiger partial charge in [-0.05, 0) is 24.1 Å². The Kier molecular flexibility index (Phi) is 5.75. The monoisotopic (exact) mass is 270 g/mol. The zero-order chi connectivity index (χ0) is 14.4. The summed E-state index contributed by atoms with van der Waals surface area (Å²) in [6.45, 7) is -0.227. The first-order valence-corrected chi connectivity index (χ1v) is 5.78. The number of benzene rings is 1. The molecule has 0 saturated carbocycles. The molecule has 0 spiro atoms. The van der Waals surface area contributed by atoms with E-state index in [2.05, 4.69) is 4.74 Å². The van der Waals surface area contributed by atoms with Gasteiger partial charge in [-0.2, -0.15) is 0 Å². The summed E-state index contributed by atoms with van der Waals surface area (Å²) in [6.07, 6.45) is -2.19. The maximum absolute atomic E-state index is 11.5. The minimum atomic E-state index is -1.16. The van der Waals surface area contributed by atoms with Gasteiger partial charge in [0.2, 0.25) is 0 Å². The Labute approximate surface area is 111 Å². The molecule has 1 aromatic rings. The number of carbonyl (C=O) groups is 1. The molecule has 1 aromatic carbocycles. The number of rotatable bonds is 6. The van der Waals surface area contributed by atoms with E-state index in [0.717, 1.165) is 0 Å². The van der Waals surface area contributed by atoms with E-state index in [9.17, 15) is 15.0 Å². The van der Waals surface area contributed by atoms with Crippen LogP contribution in [0.15, 0.2) is 18.2 Å². The summed E-state index contributed by atoms with van der Waals surface area (Å²) < 4.78 is 9.66. The molecule has 2 atom stereocenters. The molecule has 0 radical (unpaired) electrons. The fraction of sp³-hybridized carbons (Fsp3) is 0.462. The summed E-state index contributed by atoms with van der Waals surface area (Å²) in [6, 6.07) is 4.41. The van der Waals surface area contributed by atoms with Crippen molar-refractivity contribution in [2.24, 2.45) is 0 Å². The van der Waals surface area contributed by atoms with E-state index in [0.29, 0.717) is 5.56 Å². The van der Waals surface area contributed by atoms with Crippen LogP contribution in [0.1, 0.15) is 28.4 Å². The van der Waals surface area contributed by atoms with Gasteiger partial charge in [-0.15, -0.1) is 0 Å². The van der Waals surface area contributed by atoms with Gasteiger partial charge < -0.3 is 24.8 Å². The van der Waals surface area contributed by atoms with Crippen molar-refractivity contribution in [3.63, 3.8) is 0 Å². The van der Waals surface area contributed by atoms with Gasteiger partial charge in [0.25, 0.3) is 0 Å². The van der Waals surface area contributed by atoms with E-state index in [1.807, 2.05) is 0 Å². The fourth-order valence-corrected chi connectivity index (χ4v) is 1.68. The van der Waals surface area contributed by atoms with Crippen molar-refractivity contribution in [1.29, 1.82) is 0 Å². The van der Waals surface area contributed by atoms with Crippen LogP contribution in [0.4, 0.5) is 0 Å². The van der Waals surface area contributed by atoms with Crippen LogP contribution in [0.3, 0.4) is 0 Å². The van der Waals surface area contributed by atoms with Crippen LogP contribution < -0.4 is 4.74 Å². The molecule has 0 fully saturated rings. The predicted octanol–water partition coefficient (Wildman–Crippen LogP) is 0.258. The van der Waals surface area contributed by atoms with Gasteiger partial charge in [-0.1, -0.05) is 6.07 Å². The molecular weight excluding hydrogens is 252 g/mol. The first-order valence-electron chi connectivity index (χ1n) is 5.78. The second-order valence-electron chi connectivity index (χ2n) is 3.98. The molecule has 106 valence electrons. The number of ether oxygens (including phenoxy) is 2. The number of hydrogen-bond donors (Lipinski definition) is 3. The molecule has 0 amide bonds. The van der Waals surface area contributed by atoms with Crippen molar-refractivity contribution in [1.82, 2.24) is 0 Å². The van der Waals surface area contributed by atoms with Crippen LogP contribution in [0.25, 0.3) is 0 Å². The summed E-state index contributed by atoms with van der Waals surface area (Å²) in [7, 11) is 2.65. The van der Waals surface area contributed by atoms with Crippen molar-refractivity contribution in [2.45, 2.75) is 18.6 Å². The minimum absolute atomic E-state index is 0.0578. The van der Waals surface area contributed by atoms with Crippen molar-refractivity contribution >= 4 is 5.97 Å². The average molecular weight is 270 g/mol. The van der Waals surface area contributed by atoms with Crippen LogP contribution >= 0.6 is 0 Å². The van der Waals surface area contributed by atoms with Gasteiger partial charge in [0.1, 0.15) is 17.4 Å². The van der Waals surface area contributed by atoms with E-state index >= 15 is 0 Å². The summed E-state index contributed by atoms with van der Waals surface area (Å²) >= 11 is 0. The van der Waals surface area contributed by atoms with Crippen LogP contribution in [0, 0.1) is 0 Å². The Hall–Kier alpha value is -1.63. The van der Waals surface area contributed by atoms with Crippen LogP contribution in [0.2, 0.25) is 0 Å². The highest BCUT2D eigenvalue weighted by atomic mass is 16.5. The van der Waals surface area contributed by atoms with Crippen molar-refractivity contribution in [3.8, 4) is 5.75 Å². The van der Waals surface area contributed by atoms with Gasteiger partial charge >= 0.3 is 5.97 Å². The molecule has 0 aliphatic rings. The van der Waals surface area contributed by atoms with E-state index < -0.39 is 18.2 Å². The molecule has 0 aliphatic heterocycles. The maximum atomic E-state index is 11.5. The second kappa shape index (κ2) is 7.08. The molecule has 1 rings (SSSR count). The molecule has 0 bridgehead atoms. The molecule has 0 aliphatic carbocycles. The largest absolute Gasteiger partial charge is 0.496 e. The Morgan fingerprint density at radius 1 is 1.32 bits per heavy atom. The predicted molar refractivity (Wildman–Crippen MR) is 67.0 cm³/mol. The smallest absolute Gasteiger partial charge is 0.341 e. The van der Waals surface area contributed by atoms with Crippen molar-refractivity contribution < 1.29 is 29.6 Å². The number of methoxy groups -OCH3 is 2. The Morgan fingerprint density at radius 3 is 2.53 bits per heavy atom. The van der Waals surface area contributed by atoms with Crippen LogP contribution in [0.5, 0.6) is 5.75 Å². The minimum Gasteiger partial charge on any atom is -0.496 e. The Morgan fingerprint density at radius 2 is 2.00 bits per heavy atom. The second-order valence-corrected chi connectivity index (χ2v) is 3.98. The van der Waals surface area contributed by atoms with Gasteiger partial charge in [0.05, 0.1) is 20.3 Å². The Bertz CT molecular complexity index is 431. The first kappa shape index (κ1) is 15.4. The van der Waals surface area contributed by atoms with E-state index in [-0.39, 0.29) is 24.3 Å². The summed E-state index contributed by atoms with van der Waals surface area (Å²) in [4.78, 5) is 11.5. The lowest BCUT2D eigenvalue weighted by molar-refractivity contribution is 0.00411. The van der Waals surface area contributed by atoms with Crippen molar-refractivity contribution in [3.05, 3.63) is 29.3 Å². The molecule has 0 saturated heterocycles. The van der Waals surface area contributed by atoms with E-state index in [1.165, 1.54) is 32.4 Å². The highest BCUT2D eigenvalue weighted by molar-refractivity contribution is 5.92. The zero-order valence-corrected chi connectivity index (χ0v) is 10.9. The number of carbonyl (C=O) groups excluding carboxylic acids is 1. The van der Waals surface area contributed by atoms with Gasteiger partial charge in [0, 0.05) is 6.61 Å². The normalized spacial score (nSPS) is 13.7. The van der Waals surface area contributed by atoms with Crippen LogP contribution in [-0.4, -0.2) is 48.2 Å². The number of hydrogen-bond acceptors (Lipinski definition) is 6. The highest BCUT2D eigenvalue weighted by Gasteiger charge is 2.21. The molecule has 19 heavy (non-hydrogen) atoms. The zero-order valence-electron chi connectivity index (χ0n) is 10.9. The lowest BCUT2D eigenvalue weighted by Crippen LogP contribution is -2.19. The van der Waals surface area contributed by atoms with Crippen molar-refractivity contribution in [2.75, 3.05) is 20.8 Å². The summed E-state index contributed by atoms with van der Waals surface area (Å²) in [5, 5.41) is 28.2. The van der Waals surface area contributed by atoms with Gasteiger partial charge in [-0.25, -0.2) is 4.79 Å². The number of aliphatic hydroxyl groups is 3. The molecule has 2 unspecified atom stereocenters. The first-order chi connectivity index (χ1) is 9.04. The molecule has 6 heteroatoms. The molecule has 3 N–H and O–H groups in total. The van der Waals surface area contributed by atoms with Gasteiger partial charge in [0.15, 0.2) is 0 Å². The molecule has 0 aromatic heterocycles. The Balaban J connectivity index is 3.02. The topological polar surface area (TPSA) is 96.2 Å². The standard InChI is InChI=1S/C13H18O6/c1-18-11-7-8(12(16)10(15)5-6-14)3-4-9(11)13(17)19-2/h3-4,7,10,12,14-16H,5-6H2,1-2H3. The lowest BCUT2D eigenvalue weighted by atomic mass is 10.0. The number of esters is 1. The average Bonchev–Trinajstić information content (AvgIpc) is 2.45. The lowest BCUT2D eigenvalue weighted by Gasteiger charge is -2.18. The van der Waals surface area contributed by atoms with E-state index in [4.69, 9.17) is 9.84 Å². The van der Waals surface area contributed by atoms with E-state index in [1.54, 1.807) is 0 Å². The van der Waals surface area contributed by atoms with Gasteiger partial charge in [-0.3, -0.25) is 0 Å². The quantitative estimate of drug-likeness (QED) is 0.642. The third kappa shape index (κ3) is 3.66.